The van der Waals surface area contributed by atoms with E-state index in [1.165, 1.54) is 12.1 Å². The first-order chi connectivity index (χ1) is 11.6. The van der Waals surface area contributed by atoms with E-state index in [0.717, 1.165) is 5.69 Å². The number of nitrogens with zero attached hydrogens (tertiary/aromatic N) is 4. The largest absolute Gasteiger partial charge is 0.376 e. The molecule has 0 amide bonds. The molecule has 0 aliphatic heterocycles. The molecule has 24 heavy (non-hydrogen) atoms. The molecule has 0 radical (unpaired) electrons. The normalized spacial score (nSPS) is 10.6. The predicted molar refractivity (Wildman–Crippen MR) is 91.5 cm³/mol. The van der Waals surface area contributed by atoms with Crippen molar-refractivity contribution in [3.05, 3.63) is 75.3 Å². The van der Waals surface area contributed by atoms with E-state index in [-0.39, 0.29) is 5.69 Å². The van der Waals surface area contributed by atoms with Crippen molar-refractivity contribution in [1.29, 1.82) is 0 Å². The van der Waals surface area contributed by atoms with Gasteiger partial charge in [0.25, 0.3) is 5.69 Å². The van der Waals surface area contributed by atoms with Crippen LogP contribution < -0.4 is 5.32 Å². The van der Waals surface area contributed by atoms with Crippen LogP contribution in [0.15, 0.2) is 48.8 Å². The number of nitro benzene ring substituents is 1. The summed E-state index contributed by atoms with van der Waals surface area (Å²) in [6.45, 7) is 2.15. The summed E-state index contributed by atoms with van der Waals surface area (Å²) < 4.78 is 1.86. The lowest BCUT2D eigenvalue weighted by molar-refractivity contribution is -0.384. The summed E-state index contributed by atoms with van der Waals surface area (Å²) in [6, 6.07) is 12.5. The first-order valence-corrected chi connectivity index (χ1v) is 7.57. The standard InChI is InChI=1S/C16H14ClN5O2/c1-11-7-13(22(23)24)8-14(17)16(11)18-9-15-20-19-10-21(15)12-5-3-2-4-6-12/h2-8,10,18H,9H2,1H3. The molecule has 7 nitrogen and oxygen atoms in total. The molecule has 2 aromatic carbocycles. The van der Waals surface area contributed by atoms with Crippen molar-refractivity contribution in [3.8, 4) is 5.69 Å². The molecule has 1 N–H and O–H groups in total. The summed E-state index contributed by atoms with van der Waals surface area (Å²) in [5.41, 5.74) is 2.26. The highest BCUT2D eigenvalue weighted by Crippen LogP contribution is 2.31. The third-order valence-electron chi connectivity index (χ3n) is 3.56. The molecule has 8 heteroatoms. The number of para-hydroxylation sites is 1. The number of hydrogen-bond acceptors (Lipinski definition) is 5. The van der Waals surface area contributed by atoms with Crippen LogP contribution >= 0.6 is 11.6 Å². The van der Waals surface area contributed by atoms with Crippen molar-refractivity contribution in [2.75, 3.05) is 5.32 Å². The van der Waals surface area contributed by atoms with E-state index >= 15 is 0 Å². The topological polar surface area (TPSA) is 85.9 Å². The van der Waals surface area contributed by atoms with Crippen molar-refractivity contribution in [2.24, 2.45) is 0 Å². The number of hydrogen-bond donors (Lipinski definition) is 1. The summed E-state index contributed by atoms with van der Waals surface area (Å²) >= 11 is 6.17. The zero-order valence-electron chi connectivity index (χ0n) is 12.8. The molecule has 1 aromatic heterocycles. The van der Waals surface area contributed by atoms with Crippen molar-refractivity contribution < 1.29 is 4.92 Å². The Labute approximate surface area is 143 Å². The maximum absolute atomic E-state index is 10.9. The fourth-order valence-electron chi connectivity index (χ4n) is 2.41. The van der Waals surface area contributed by atoms with Crippen molar-refractivity contribution in [1.82, 2.24) is 14.8 Å². The molecule has 0 saturated heterocycles. The zero-order chi connectivity index (χ0) is 17.1. The maximum Gasteiger partial charge on any atom is 0.271 e. The van der Waals surface area contributed by atoms with Crippen LogP contribution in [0.3, 0.4) is 0 Å². The van der Waals surface area contributed by atoms with Crippen LogP contribution in [-0.2, 0) is 6.54 Å². The third-order valence-corrected chi connectivity index (χ3v) is 3.86. The van der Waals surface area contributed by atoms with Gasteiger partial charge in [-0.25, -0.2) is 0 Å². The van der Waals surface area contributed by atoms with Crippen LogP contribution in [-0.4, -0.2) is 19.7 Å². The van der Waals surface area contributed by atoms with Crippen LogP contribution in [0.2, 0.25) is 5.02 Å². The predicted octanol–water partition coefficient (Wildman–Crippen LogP) is 3.75. The Kier molecular flexibility index (Phi) is 4.43. The molecule has 122 valence electrons. The highest BCUT2D eigenvalue weighted by molar-refractivity contribution is 6.33. The molecule has 0 spiro atoms. The van der Waals surface area contributed by atoms with Gasteiger partial charge in [0.05, 0.1) is 22.2 Å². The number of anilines is 1. The van der Waals surface area contributed by atoms with Crippen LogP contribution in [0.4, 0.5) is 11.4 Å². The van der Waals surface area contributed by atoms with Gasteiger partial charge in [-0.05, 0) is 24.6 Å². The van der Waals surface area contributed by atoms with Crippen LogP contribution in [0.1, 0.15) is 11.4 Å². The van der Waals surface area contributed by atoms with E-state index in [0.29, 0.717) is 28.6 Å². The Bertz CT molecular complexity index is 856. The second kappa shape index (κ2) is 6.67. The van der Waals surface area contributed by atoms with Crippen LogP contribution in [0.5, 0.6) is 0 Å². The van der Waals surface area contributed by atoms with Gasteiger partial charge >= 0.3 is 0 Å². The average molecular weight is 344 g/mol. The maximum atomic E-state index is 10.9. The number of nitro groups is 1. The van der Waals surface area contributed by atoms with E-state index in [4.69, 9.17) is 11.6 Å². The Hall–Kier alpha value is -2.93. The number of nitrogens with one attached hydrogen (secondary N) is 1. The van der Waals surface area contributed by atoms with E-state index < -0.39 is 4.92 Å². The van der Waals surface area contributed by atoms with Crippen LogP contribution in [0, 0.1) is 17.0 Å². The summed E-state index contributed by atoms with van der Waals surface area (Å²) in [6.07, 6.45) is 1.64. The number of aromatic nitrogens is 3. The molecule has 0 aliphatic carbocycles. The molecule has 0 fully saturated rings. The first kappa shape index (κ1) is 15.9. The smallest absolute Gasteiger partial charge is 0.271 e. The fourth-order valence-corrected chi connectivity index (χ4v) is 2.73. The molecular weight excluding hydrogens is 330 g/mol. The van der Waals surface area contributed by atoms with Gasteiger partial charge in [0.15, 0.2) is 5.82 Å². The highest BCUT2D eigenvalue weighted by Gasteiger charge is 2.14. The first-order valence-electron chi connectivity index (χ1n) is 7.19. The highest BCUT2D eigenvalue weighted by atomic mass is 35.5. The minimum Gasteiger partial charge on any atom is -0.376 e. The summed E-state index contributed by atoms with van der Waals surface area (Å²) in [5.74, 6) is 0.704. The number of non-ortho nitro benzene ring substituents is 1. The van der Waals surface area contributed by atoms with Gasteiger partial charge in [-0.2, -0.15) is 0 Å². The van der Waals surface area contributed by atoms with Crippen molar-refractivity contribution >= 4 is 23.0 Å². The molecule has 3 rings (SSSR count). The Morgan fingerprint density at radius 2 is 2.04 bits per heavy atom. The van der Waals surface area contributed by atoms with Gasteiger partial charge in [0.1, 0.15) is 6.33 Å². The molecule has 0 saturated carbocycles. The molecule has 0 unspecified atom stereocenters. The Morgan fingerprint density at radius 3 is 2.71 bits per heavy atom. The van der Waals surface area contributed by atoms with Gasteiger partial charge in [-0.1, -0.05) is 29.8 Å². The molecule has 3 aromatic rings. The minimum atomic E-state index is -0.464. The summed E-state index contributed by atoms with van der Waals surface area (Å²) in [7, 11) is 0. The fraction of sp³-hybridized carbons (Fsp3) is 0.125. The van der Waals surface area contributed by atoms with Crippen molar-refractivity contribution in [2.45, 2.75) is 13.5 Å². The van der Waals surface area contributed by atoms with Gasteiger partial charge in [-0.3, -0.25) is 14.7 Å². The van der Waals surface area contributed by atoms with E-state index in [2.05, 4.69) is 15.5 Å². The number of halogens is 1. The summed E-state index contributed by atoms with van der Waals surface area (Å²) in [4.78, 5) is 10.4. The molecular formula is C16H14ClN5O2. The lowest BCUT2D eigenvalue weighted by Gasteiger charge is -2.12. The summed E-state index contributed by atoms with van der Waals surface area (Å²) in [5, 5.41) is 22.4. The number of benzene rings is 2. The van der Waals surface area contributed by atoms with Crippen LogP contribution in [0.25, 0.3) is 5.69 Å². The monoisotopic (exact) mass is 343 g/mol. The van der Waals surface area contributed by atoms with Gasteiger partial charge in [0, 0.05) is 17.8 Å². The van der Waals surface area contributed by atoms with E-state index in [1.807, 2.05) is 34.9 Å². The third kappa shape index (κ3) is 3.21. The molecule has 1 heterocycles. The lowest BCUT2D eigenvalue weighted by atomic mass is 10.1. The Morgan fingerprint density at radius 1 is 1.29 bits per heavy atom. The lowest BCUT2D eigenvalue weighted by Crippen LogP contribution is -2.08. The Balaban J connectivity index is 1.83. The molecule has 0 bridgehead atoms. The molecule has 0 aliphatic rings. The SMILES string of the molecule is Cc1cc([N+](=O)[O-])cc(Cl)c1NCc1nncn1-c1ccccc1. The second-order valence-electron chi connectivity index (χ2n) is 5.18. The molecule has 0 atom stereocenters. The minimum absolute atomic E-state index is 0.0319. The quantitative estimate of drug-likeness (QED) is 0.563. The van der Waals surface area contributed by atoms with Gasteiger partial charge in [0.2, 0.25) is 0 Å². The zero-order valence-corrected chi connectivity index (χ0v) is 13.6. The van der Waals surface area contributed by atoms with Gasteiger partial charge in [-0.15, -0.1) is 10.2 Å². The average Bonchev–Trinajstić information content (AvgIpc) is 3.03. The number of rotatable bonds is 5. The number of aryl methyl sites for hydroxylation is 1. The van der Waals surface area contributed by atoms with Crippen molar-refractivity contribution in [3.63, 3.8) is 0 Å². The second-order valence-corrected chi connectivity index (χ2v) is 5.59. The van der Waals surface area contributed by atoms with Gasteiger partial charge < -0.3 is 5.32 Å². The van der Waals surface area contributed by atoms with E-state index in [9.17, 15) is 10.1 Å². The van der Waals surface area contributed by atoms with E-state index in [1.54, 1.807) is 13.3 Å².